The van der Waals surface area contributed by atoms with Crippen molar-refractivity contribution in [3.63, 3.8) is 0 Å². The van der Waals surface area contributed by atoms with Crippen LogP contribution in [0.2, 0.25) is 5.02 Å². The van der Waals surface area contributed by atoms with Crippen LogP contribution >= 0.6 is 23.4 Å². The first-order valence-corrected chi connectivity index (χ1v) is 10.00. The molecule has 0 saturated heterocycles. The van der Waals surface area contributed by atoms with Gasteiger partial charge in [0.1, 0.15) is 5.76 Å². The molecule has 6 nitrogen and oxygen atoms in total. The molecular formula is C19H21ClN4O2S. The molecule has 1 amide bonds. The van der Waals surface area contributed by atoms with Crippen molar-refractivity contribution in [1.82, 2.24) is 20.1 Å². The molecule has 0 spiro atoms. The van der Waals surface area contributed by atoms with E-state index in [2.05, 4.69) is 22.4 Å². The Balaban J connectivity index is 1.71. The van der Waals surface area contributed by atoms with E-state index >= 15 is 0 Å². The molecule has 0 aliphatic rings. The zero-order valence-electron chi connectivity index (χ0n) is 15.2. The molecule has 0 unspecified atom stereocenters. The van der Waals surface area contributed by atoms with Crippen LogP contribution in [0.25, 0.3) is 11.4 Å². The van der Waals surface area contributed by atoms with Crippen molar-refractivity contribution < 1.29 is 9.21 Å². The molecule has 142 valence electrons. The number of benzene rings is 1. The third kappa shape index (κ3) is 4.93. The SMILES string of the molecule is CCCn1c(S[C@@H](C)C(=O)NCc2ccco2)nnc1-c1ccc(Cl)cc1. The second kappa shape index (κ2) is 9.10. The summed E-state index contributed by atoms with van der Waals surface area (Å²) in [6.45, 7) is 5.09. The van der Waals surface area contributed by atoms with Gasteiger partial charge >= 0.3 is 0 Å². The predicted molar refractivity (Wildman–Crippen MR) is 107 cm³/mol. The average Bonchev–Trinajstić information content (AvgIpc) is 3.31. The molecule has 0 fully saturated rings. The van der Waals surface area contributed by atoms with Gasteiger partial charge in [0.05, 0.1) is 18.1 Å². The zero-order valence-corrected chi connectivity index (χ0v) is 16.8. The number of thioether (sulfide) groups is 1. The van der Waals surface area contributed by atoms with Crippen LogP contribution in [0.5, 0.6) is 0 Å². The Morgan fingerprint density at radius 1 is 1.30 bits per heavy atom. The highest BCUT2D eigenvalue weighted by Gasteiger charge is 2.20. The van der Waals surface area contributed by atoms with E-state index in [-0.39, 0.29) is 11.2 Å². The molecule has 2 heterocycles. The summed E-state index contributed by atoms with van der Waals surface area (Å²) in [6, 6.07) is 11.1. The molecule has 2 aromatic heterocycles. The van der Waals surface area contributed by atoms with E-state index in [4.69, 9.17) is 16.0 Å². The molecule has 8 heteroatoms. The van der Waals surface area contributed by atoms with Gasteiger partial charge in [0.15, 0.2) is 11.0 Å². The van der Waals surface area contributed by atoms with Crippen LogP contribution < -0.4 is 5.32 Å². The first-order chi connectivity index (χ1) is 13.1. The van der Waals surface area contributed by atoms with E-state index < -0.39 is 0 Å². The summed E-state index contributed by atoms with van der Waals surface area (Å²) in [5, 5.41) is 12.6. The van der Waals surface area contributed by atoms with Crippen LogP contribution in [0.3, 0.4) is 0 Å². The number of nitrogens with zero attached hydrogens (tertiary/aromatic N) is 3. The molecule has 0 aliphatic carbocycles. The van der Waals surface area contributed by atoms with E-state index in [0.717, 1.165) is 35.3 Å². The standard InChI is InChI=1S/C19H21ClN4O2S/c1-3-10-24-17(14-6-8-15(20)9-7-14)22-23-19(24)27-13(2)18(25)21-12-16-5-4-11-26-16/h4-9,11,13H,3,10,12H2,1-2H3,(H,21,25)/t13-/m0/s1. The number of hydrogen-bond donors (Lipinski definition) is 1. The molecule has 1 aromatic carbocycles. The highest BCUT2D eigenvalue weighted by atomic mass is 35.5. The van der Waals surface area contributed by atoms with Crippen LogP contribution in [0, 0.1) is 0 Å². The average molecular weight is 405 g/mol. The molecule has 0 radical (unpaired) electrons. The highest BCUT2D eigenvalue weighted by molar-refractivity contribution is 8.00. The van der Waals surface area contributed by atoms with Gasteiger partial charge in [0.2, 0.25) is 5.91 Å². The van der Waals surface area contributed by atoms with Crippen molar-refractivity contribution in [2.75, 3.05) is 0 Å². The minimum absolute atomic E-state index is 0.0736. The van der Waals surface area contributed by atoms with E-state index in [0.29, 0.717) is 11.6 Å². The Hall–Kier alpha value is -2.25. The first kappa shape index (κ1) is 19.5. The zero-order chi connectivity index (χ0) is 19.2. The number of furan rings is 1. The molecule has 1 atom stereocenters. The van der Waals surface area contributed by atoms with Crippen LogP contribution in [-0.4, -0.2) is 25.9 Å². The summed E-state index contributed by atoms with van der Waals surface area (Å²) >= 11 is 7.37. The van der Waals surface area contributed by atoms with Gasteiger partial charge in [0, 0.05) is 17.1 Å². The third-order valence-corrected chi connectivity index (χ3v) is 5.27. The maximum Gasteiger partial charge on any atom is 0.233 e. The lowest BCUT2D eigenvalue weighted by atomic mass is 10.2. The molecule has 3 rings (SSSR count). The van der Waals surface area contributed by atoms with Crippen molar-refractivity contribution in [3.05, 3.63) is 53.4 Å². The van der Waals surface area contributed by atoms with Crippen molar-refractivity contribution in [2.24, 2.45) is 0 Å². The molecule has 0 saturated carbocycles. The second-order valence-corrected chi connectivity index (χ2v) is 7.77. The van der Waals surface area contributed by atoms with Crippen molar-refractivity contribution >= 4 is 29.3 Å². The summed E-state index contributed by atoms with van der Waals surface area (Å²) in [4.78, 5) is 12.4. The van der Waals surface area contributed by atoms with Gasteiger partial charge in [-0.15, -0.1) is 10.2 Å². The van der Waals surface area contributed by atoms with E-state index in [1.807, 2.05) is 41.8 Å². The maximum absolute atomic E-state index is 12.4. The maximum atomic E-state index is 12.4. The largest absolute Gasteiger partial charge is 0.467 e. The number of carbonyl (C=O) groups excluding carboxylic acids is 1. The van der Waals surface area contributed by atoms with Gasteiger partial charge in [-0.1, -0.05) is 30.3 Å². The number of nitrogens with one attached hydrogen (secondary N) is 1. The summed E-state index contributed by atoms with van der Waals surface area (Å²) in [6.07, 6.45) is 2.52. The molecule has 3 aromatic rings. The fraction of sp³-hybridized carbons (Fsp3) is 0.316. The molecule has 1 N–H and O–H groups in total. The van der Waals surface area contributed by atoms with Gasteiger partial charge < -0.3 is 14.3 Å². The van der Waals surface area contributed by atoms with Gasteiger partial charge in [-0.25, -0.2) is 0 Å². The van der Waals surface area contributed by atoms with Crippen LogP contribution in [-0.2, 0) is 17.9 Å². The molecular weight excluding hydrogens is 384 g/mol. The van der Waals surface area contributed by atoms with Gasteiger partial charge in [-0.05, 0) is 49.7 Å². The highest BCUT2D eigenvalue weighted by Crippen LogP contribution is 2.28. The van der Waals surface area contributed by atoms with E-state index in [1.165, 1.54) is 11.8 Å². The van der Waals surface area contributed by atoms with Crippen LogP contribution in [0.1, 0.15) is 26.0 Å². The Kier molecular flexibility index (Phi) is 6.58. The Morgan fingerprint density at radius 3 is 2.74 bits per heavy atom. The van der Waals surface area contributed by atoms with Crippen molar-refractivity contribution in [1.29, 1.82) is 0 Å². The minimum atomic E-state index is -0.308. The first-order valence-electron chi connectivity index (χ1n) is 8.74. The number of aromatic nitrogens is 3. The van der Waals surface area contributed by atoms with Gasteiger partial charge in [-0.2, -0.15) is 0 Å². The summed E-state index contributed by atoms with van der Waals surface area (Å²) < 4.78 is 7.28. The van der Waals surface area contributed by atoms with Crippen LogP contribution in [0.4, 0.5) is 0 Å². The third-order valence-electron chi connectivity index (χ3n) is 3.93. The Morgan fingerprint density at radius 2 is 2.07 bits per heavy atom. The molecule has 0 aliphatic heterocycles. The van der Waals surface area contributed by atoms with Gasteiger partial charge in [-0.3, -0.25) is 4.79 Å². The Bertz CT molecular complexity index is 878. The number of carbonyl (C=O) groups is 1. The quantitative estimate of drug-likeness (QED) is 0.563. The summed E-state index contributed by atoms with van der Waals surface area (Å²) in [5.74, 6) is 1.43. The number of halogens is 1. The lowest BCUT2D eigenvalue weighted by Crippen LogP contribution is -2.30. The topological polar surface area (TPSA) is 73.0 Å². The summed E-state index contributed by atoms with van der Waals surface area (Å²) in [5.41, 5.74) is 0.946. The predicted octanol–water partition coefficient (Wildman–Crippen LogP) is 4.40. The molecule has 0 bridgehead atoms. The van der Waals surface area contributed by atoms with Crippen molar-refractivity contribution in [2.45, 2.75) is 43.8 Å². The number of amides is 1. The van der Waals surface area contributed by atoms with Gasteiger partial charge in [0.25, 0.3) is 0 Å². The van der Waals surface area contributed by atoms with E-state index in [1.54, 1.807) is 12.3 Å². The normalized spacial score (nSPS) is 12.1. The van der Waals surface area contributed by atoms with E-state index in [9.17, 15) is 4.79 Å². The Labute approximate surface area is 167 Å². The lowest BCUT2D eigenvalue weighted by Gasteiger charge is -2.13. The second-order valence-electron chi connectivity index (χ2n) is 6.02. The molecule has 27 heavy (non-hydrogen) atoms. The van der Waals surface area contributed by atoms with Crippen LogP contribution in [0.15, 0.2) is 52.2 Å². The van der Waals surface area contributed by atoms with Crippen molar-refractivity contribution in [3.8, 4) is 11.4 Å². The fourth-order valence-corrected chi connectivity index (χ4v) is 3.58. The smallest absolute Gasteiger partial charge is 0.233 e. The lowest BCUT2D eigenvalue weighted by molar-refractivity contribution is -0.120. The number of hydrogen-bond acceptors (Lipinski definition) is 5. The monoisotopic (exact) mass is 404 g/mol. The fourth-order valence-electron chi connectivity index (χ4n) is 2.56. The minimum Gasteiger partial charge on any atom is -0.467 e. The number of rotatable bonds is 8. The summed E-state index contributed by atoms with van der Waals surface area (Å²) in [7, 11) is 0.